The average Bonchev–Trinajstić information content (AvgIpc) is 2.44. The highest BCUT2D eigenvalue weighted by atomic mass is 16.6. The van der Waals surface area contributed by atoms with Crippen LogP contribution in [0.25, 0.3) is 10.8 Å². The first-order valence-corrected chi connectivity index (χ1v) is 6.84. The first-order valence-electron chi connectivity index (χ1n) is 6.84. The Bertz CT molecular complexity index is 597. The number of hydrogen-bond donors (Lipinski definition) is 0. The van der Waals surface area contributed by atoms with Crippen LogP contribution in [0.5, 0.6) is 5.75 Å². The highest BCUT2D eigenvalue weighted by Crippen LogP contribution is 2.25. The maximum Gasteiger partial charge on any atom is 0.344 e. The second-order valence-electron chi connectivity index (χ2n) is 5.35. The SMILES string of the molecule is CCC(C)(C)OC(=O)COc1cccc2ccccc12. The van der Waals surface area contributed by atoms with Gasteiger partial charge in [-0.3, -0.25) is 0 Å². The molecule has 106 valence electrons. The standard InChI is InChI=1S/C17H20O3/c1-4-17(2,3)20-16(18)12-19-15-11-7-9-13-8-5-6-10-14(13)15/h5-11H,4,12H2,1-3H3. The van der Waals surface area contributed by atoms with Crippen LogP contribution in [0.15, 0.2) is 42.5 Å². The molecule has 0 spiro atoms. The summed E-state index contributed by atoms with van der Waals surface area (Å²) in [4.78, 5) is 11.8. The van der Waals surface area contributed by atoms with Crippen molar-refractivity contribution < 1.29 is 14.3 Å². The Hall–Kier alpha value is -2.03. The summed E-state index contributed by atoms with van der Waals surface area (Å²) in [5, 5.41) is 2.09. The predicted molar refractivity (Wildman–Crippen MR) is 79.9 cm³/mol. The Morgan fingerprint density at radius 3 is 2.55 bits per heavy atom. The summed E-state index contributed by atoms with van der Waals surface area (Å²) in [5.41, 5.74) is -0.445. The zero-order valence-corrected chi connectivity index (χ0v) is 12.2. The Labute approximate surface area is 119 Å². The summed E-state index contributed by atoms with van der Waals surface area (Å²) < 4.78 is 11.0. The number of benzene rings is 2. The van der Waals surface area contributed by atoms with E-state index in [4.69, 9.17) is 9.47 Å². The van der Waals surface area contributed by atoms with Gasteiger partial charge in [-0.2, -0.15) is 0 Å². The lowest BCUT2D eigenvalue weighted by atomic mass is 10.1. The molecule has 0 amide bonds. The Morgan fingerprint density at radius 2 is 1.80 bits per heavy atom. The van der Waals surface area contributed by atoms with Crippen LogP contribution in [-0.2, 0) is 9.53 Å². The zero-order valence-electron chi connectivity index (χ0n) is 12.2. The van der Waals surface area contributed by atoms with Crippen molar-refractivity contribution in [2.45, 2.75) is 32.8 Å². The van der Waals surface area contributed by atoms with E-state index in [1.54, 1.807) is 0 Å². The van der Waals surface area contributed by atoms with E-state index >= 15 is 0 Å². The van der Waals surface area contributed by atoms with Crippen LogP contribution in [-0.4, -0.2) is 18.2 Å². The molecule has 0 aliphatic rings. The van der Waals surface area contributed by atoms with E-state index in [-0.39, 0.29) is 12.6 Å². The van der Waals surface area contributed by atoms with E-state index in [9.17, 15) is 4.79 Å². The van der Waals surface area contributed by atoms with Crippen LogP contribution in [0, 0.1) is 0 Å². The average molecular weight is 272 g/mol. The van der Waals surface area contributed by atoms with Crippen molar-refractivity contribution in [3.05, 3.63) is 42.5 Å². The van der Waals surface area contributed by atoms with Crippen molar-refractivity contribution >= 4 is 16.7 Å². The maximum absolute atomic E-state index is 11.8. The molecular formula is C17H20O3. The lowest BCUT2D eigenvalue weighted by Crippen LogP contribution is -2.29. The van der Waals surface area contributed by atoms with E-state index in [0.717, 1.165) is 17.2 Å². The molecule has 2 aromatic rings. The summed E-state index contributed by atoms with van der Waals surface area (Å²) in [7, 11) is 0. The largest absolute Gasteiger partial charge is 0.481 e. The van der Waals surface area contributed by atoms with E-state index in [1.807, 2.05) is 63.2 Å². The predicted octanol–water partition coefficient (Wildman–Crippen LogP) is 3.95. The van der Waals surface area contributed by atoms with Gasteiger partial charge in [-0.05, 0) is 31.7 Å². The second kappa shape index (κ2) is 5.95. The van der Waals surface area contributed by atoms with Crippen molar-refractivity contribution in [1.29, 1.82) is 0 Å². The number of carbonyl (C=O) groups is 1. The van der Waals surface area contributed by atoms with E-state index in [0.29, 0.717) is 5.75 Å². The Morgan fingerprint density at radius 1 is 1.10 bits per heavy atom. The number of carbonyl (C=O) groups excluding carboxylic acids is 1. The minimum absolute atomic E-state index is 0.0720. The van der Waals surface area contributed by atoms with Crippen LogP contribution in [0.1, 0.15) is 27.2 Å². The summed E-state index contributed by atoms with van der Waals surface area (Å²) >= 11 is 0. The number of hydrogen-bond acceptors (Lipinski definition) is 3. The minimum Gasteiger partial charge on any atom is -0.481 e. The fraction of sp³-hybridized carbons (Fsp3) is 0.353. The molecule has 20 heavy (non-hydrogen) atoms. The van der Waals surface area contributed by atoms with Gasteiger partial charge in [-0.1, -0.05) is 43.3 Å². The van der Waals surface area contributed by atoms with Gasteiger partial charge in [0, 0.05) is 5.39 Å². The summed E-state index contributed by atoms with van der Waals surface area (Å²) in [5.74, 6) is 0.360. The maximum atomic E-state index is 11.8. The van der Waals surface area contributed by atoms with E-state index in [1.165, 1.54) is 0 Å². The quantitative estimate of drug-likeness (QED) is 0.773. The molecule has 0 heterocycles. The lowest BCUT2D eigenvalue weighted by Gasteiger charge is -2.23. The topological polar surface area (TPSA) is 35.5 Å². The molecule has 0 saturated heterocycles. The van der Waals surface area contributed by atoms with Gasteiger partial charge in [0.1, 0.15) is 11.4 Å². The number of esters is 1. The highest BCUT2D eigenvalue weighted by Gasteiger charge is 2.20. The molecule has 0 saturated carbocycles. The van der Waals surface area contributed by atoms with Crippen LogP contribution in [0.2, 0.25) is 0 Å². The second-order valence-corrected chi connectivity index (χ2v) is 5.35. The van der Waals surface area contributed by atoms with Crippen molar-refractivity contribution in [2.24, 2.45) is 0 Å². The molecular weight excluding hydrogens is 252 g/mol. The van der Waals surface area contributed by atoms with Gasteiger partial charge in [0.05, 0.1) is 0 Å². The fourth-order valence-electron chi connectivity index (χ4n) is 1.87. The molecule has 0 fully saturated rings. The zero-order chi connectivity index (χ0) is 14.6. The third-order valence-corrected chi connectivity index (χ3v) is 3.34. The summed E-state index contributed by atoms with van der Waals surface area (Å²) in [6.07, 6.45) is 0.771. The Balaban J connectivity index is 2.05. The fourth-order valence-corrected chi connectivity index (χ4v) is 1.87. The van der Waals surface area contributed by atoms with Crippen LogP contribution in [0.3, 0.4) is 0 Å². The van der Waals surface area contributed by atoms with Gasteiger partial charge in [-0.25, -0.2) is 4.79 Å². The molecule has 2 aromatic carbocycles. The van der Waals surface area contributed by atoms with Crippen molar-refractivity contribution in [1.82, 2.24) is 0 Å². The number of rotatable bonds is 5. The number of ether oxygens (including phenoxy) is 2. The molecule has 0 aromatic heterocycles. The van der Waals surface area contributed by atoms with Gasteiger partial charge in [0.25, 0.3) is 0 Å². The van der Waals surface area contributed by atoms with Crippen molar-refractivity contribution in [3.8, 4) is 5.75 Å². The molecule has 0 aliphatic carbocycles. The molecule has 0 N–H and O–H groups in total. The third kappa shape index (κ3) is 3.50. The molecule has 0 aliphatic heterocycles. The first kappa shape index (κ1) is 14.4. The Kier molecular flexibility index (Phi) is 4.28. The van der Waals surface area contributed by atoms with Gasteiger partial charge in [0.2, 0.25) is 0 Å². The van der Waals surface area contributed by atoms with Crippen LogP contribution >= 0.6 is 0 Å². The molecule has 0 bridgehead atoms. The molecule has 0 unspecified atom stereocenters. The van der Waals surface area contributed by atoms with Crippen LogP contribution in [0.4, 0.5) is 0 Å². The molecule has 2 rings (SSSR count). The van der Waals surface area contributed by atoms with E-state index in [2.05, 4.69) is 0 Å². The lowest BCUT2D eigenvalue weighted by molar-refractivity contribution is -0.159. The summed E-state index contributed by atoms with van der Waals surface area (Å²) in [6, 6.07) is 13.7. The molecule has 3 nitrogen and oxygen atoms in total. The third-order valence-electron chi connectivity index (χ3n) is 3.34. The van der Waals surface area contributed by atoms with Gasteiger partial charge >= 0.3 is 5.97 Å². The van der Waals surface area contributed by atoms with Crippen molar-refractivity contribution in [3.63, 3.8) is 0 Å². The molecule has 0 atom stereocenters. The van der Waals surface area contributed by atoms with E-state index < -0.39 is 5.60 Å². The number of fused-ring (bicyclic) bond motifs is 1. The smallest absolute Gasteiger partial charge is 0.344 e. The van der Waals surface area contributed by atoms with Gasteiger partial charge < -0.3 is 9.47 Å². The monoisotopic (exact) mass is 272 g/mol. The minimum atomic E-state index is -0.445. The normalized spacial score (nSPS) is 11.3. The van der Waals surface area contributed by atoms with Gasteiger partial charge in [-0.15, -0.1) is 0 Å². The highest BCUT2D eigenvalue weighted by molar-refractivity contribution is 5.88. The summed E-state index contributed by atoms with van der Waals surface area (Å²) in [6.45, 7) is 5.70. The van der Waals surface area contributed by atoms with Crippen molar-refractivity contribution in [2.75, 3.05) is 6.61 Å². The van der Waals surface area contributed by atoms with Gasteiger partial charge in [0.15, 0.2) is 6.61 Å². The molecule has 3 heteroatoms. The first-order chi connectivity index (χ1) is 9.52. The van der Waals surface area contributed by atoms with Crippen LogP contribution < -0.4 is 4.74 Å². The molecule has 0 radical (unpaired) electrons.